The number of nitrogens with zero attached hydrogens (tertiary/aromatic N) is 2. The zero-order chi connectivity index (χ0) is 20.9. The third-order valence-electron chi connectivity index (χ3n) is 6.93. The molecule has 6 heteroatoms. The highest BCUT2D eigenvalue weighted by atomic mass is 16.6. The minimum Gasteiger partial charge on any atom is -0.446 e. The quantitative estimate of drug-likeness (QED) is 0.654. The maximum absolute atomic E-state index is 12.6. The van der Waals surface area contributed by atoms with Gasteiger partial charge in [-0.2, -0.15) is 0 Å². The van der Waals surface area contributed by atoms with Gasteiger partial charge in [0.25, 0.3) is 0 Å². The number of amides is 1. The first kappa shape index (κ1) is 18.9. The van der Waals surface area contributed by atoms with Gasteiger partial charge in [-0.25, -0.2) is 9.78 Å². The van der Waals surface area contributed by atoms with E-state index in [0.29, 0.717) is 19.1 Å². The first-order chi connectivity index (χ1) is 15.2. The molecule has 2 aromatic heterocycles. The van der Waals surface area contributed by atoms with Crippen molar-refractivity contribution < 1.29 is 9.53 Å². The van der Waals surface area contributed by atoms with Crippen molar-refractivity contribution in [2.45, 2.75) is 57.7 Å². The number of carbonyl (C=O) groups is 1. The predicted octanol–water partition coefficient (Wildman–Crippen LogP) is 4.62. The molecule has 1 aliphatic carbocycles. The lowest BCUT2D eigenvalue weighted by Gasteiger charge is -2.31. The molecule has 2 N–H and O–H groups in total. The summed E-state index contributed by atoms with van der Waals surface area (Å²) in [5, 5.41) is 4.84. The first-order valence-electron chi connectivity index (χ1n) is 11.4. The van der Waals surface area contributed by atoms with Crippen molar-refractivity contribution in [3.05, 3.63) is 52.8 Å². The summed E-state index contributed by atoms with van der Waals surface area (Å²) < 4.78 is 5.58. The third-order valence-corrected chi connectivity index (χ3v) is 6.93. The molecule has 0 bridgehead atoms. The highest BCUT2D eigenvalue weighted by molar-refractivity contribution is 5.84. The van der Waals surface area contributed by atoms with E-state index in [9.17, 15) is 4.79 Å². The highest BCUT2D eigenvalue weighted by Crippen LogP contribution is 2.36. The number of fused-ring (bicyclic) bond motifs is 2. The van der Waals surface area contributed by atoms with Crippen molar-refractivity contribution in [3.63, 3.8) is 0 Å². The SMILES string of the molecule is Cc1c[nH]c2ncc(-c3cc4c(c([C@@H]5CCCN5)c3)CN(C(=O)OC3CC3)CC4)cc12. The number of rotatable bonds is 3. The molecule has 31 heavy (non-hydrogen) atoms. The number of H-pyrrole nitrogens is 1. The number of hydrogen-bond acceptors (Lipinski definition) is 4. The van der Waals surface area contributed by atoms with Crippen LogP contribution >= 0.6 is 0 Å². The van der Waals surface area contributed by atoms with Crippen molar-refractivity contribution in [1.29, 1.82) is 0 Å². The smallest absolute Gasteiger partial charge is 0.410 e. The van der Waals surface area contributed by atoms with Crippen LogP contribution < -0.4 is 5.32 Å². The average Bonchev–Trinajstić information content (AvgIpc) is 3.29. The fraction of sp³-hybridized carbons (Fsp3) is 0.440. The number of aryl methyl sites for hydroxylation is 1. The first-order valence-corrected chi connectivity index (χ1v) is 11.4. The Morgan fingerprint density at radius 2 is 2.10 bits per heavy atom. The van der Waals surface area contributed by atoms with Crippen LogP contribution in [0.25, 0.3) is 22.2 Å². The van der Waals surface area contributed by atoms with E-state index < -0.39 is 0 Å². The van der Waals surface area contributed by atoms with E-state index in [1.54, 1.807) is 0 Å². The van der Waals surface area contributed by atoms with Crippen LogP contribution in [-0.4, -0.2) is 40.2 Å². The Balaban J connectivity index is 1.39. The van der Waals surface area contributed by atoms with Crippen molar-refractivity contribution in [2.75, 3.05) is 13.1 Å². The molecular weight excluding hydrogens is 388 g/mol. The Bertz CT molecular complexity index is 1160. The lowest BCUT2D eigenvalue weighted by atomic mass is 9.87. The predicted molar refractivity (Wildman–Crippen MR) is 120 cm³/mol. The fourth-order valence-electron chi connectivity index (χ4n) is 4.98. The van der Waals surface area contributed by atoms with Gasteiger partial charge >= 0.3 is 6.09 Å². The van der Waals surface area contributed by atoms with Gasteiger partial charge in [0, 0.05) is 42.5 Å². The van der Waals surface area contributed by atoms with Gasteiger partial charge in [0.15, 0.2) is 0 Å². The number of nitrogens with one attached hydrogen (secondary N) is 2. The topological polar surface area (TPSA) is 70.2 Å². The van der Waals surface area contributed by atoms with Crippen LogP contribution in [-0.2, 0) is 17.7 Å². The summed E-state index contributed by atoms with van der Waals surface area (Å²) in [5.74, 6) is 0. The van der Waals surface area contributed by atoms with Crippen LogP contribution in [0.1, 0.15) is 54.0 Å². The number of pyridine rings is 1. The maximum atomic E-state index is 12.6. The molecule has 2 fully saturated rings. The molecule has 1 atom stereocenters. The summed E-state index contributed by atoms with van der Waals surface area (Å²) in [6.07, 6.45) is 9.18. The molecule has 4 heterocycles. The maximum Gasteiger partial charge on any atom is 0.410 e. The minimum atomic E-state index is -0.153. The Morgan fingerprint density at radius 3 is 2.90 bits per heavy atom. The second kappa shape index (κ2) is 7.38. The Labute approximate surface area is 182 Å². The molecule has 1 aromatic carbocycles. The fourth-order valence-corrected chi connectivity index (χ4v) is 4.98. The summed E-state index contributed by atoms with van der Waals surface area (Å²) in [4.78, 5) is 22.4. The zero-order valence-corrected chi connectivity index (χ0v) is 17.9. The van der Waals surface area contributed by atoms with Crippen molar-refractivity contribution in [2.24, 2.45) is 0 Å². The number of aromatic nitrogens is 2. The van der Waals surface area contributed by atoms with Gasteiger partial charge < -0.3 is 19.9 Å². The van der Waals surface area contributed by atoms with Crippen LogP contribution in [0.2, 0.25) is 0 Å². The van der Waals surface area contributed by atoms with Gasteiger partial charge in [0.1, 0.15) is 11.8 Å². The van der Waals surface area contributed by atoms with Gasteiger partial charge in [0.2, 0.25) is 0 Å². The molecule has 1 saturated carbocycles. The molecule has 160 valence electrons. The standard InChI is InChI=1S/C25H28N4O2/c1-15-12-27-24-20(15)11-18(13-28-24)17-9-16-6-8-29(25(30)31-19-4-5-19)14-22(16)21(10-17)23-3-2-7-26-23/h9-13,19,23,26H,2-8,14H2,1H3,(H,27,28)/t23-/m0/s1. The number of aromatic amines is 1. The number of ether oxygens (including phenoxy) is 1. The molecule has 0 unspecified atom stereocenters. The second-order valence-corrected chi connectivity index (χ2v) is 9.20. The molecule has 3 aliphatic rings. The molecule has 3 aromatic rings. The highest BCUT2D eigenvalue weighted by Gasteiger charge is 2.32. The van der Waals surface area contributed by atoms with E-state index in [-0.39, 0.29) is 12.2 Å². The zero-order valence-electron chi connectivity index (χ0n) is 17.9. The summed E-state index contributed by atoms with van der Waals surface area (Å²) in [6.45, 7) is 4.52. The average molecular weight is 417 g/mol. The lowest BCUT2D eigenvalue weighted by Crippen LogP contribution is -2.37. The van der Waals surface area contributed by atoms with Crippen LogP contribution in [0, 0.1) is 6.92 Å². The van der Waals surface area contributed by atoms with Gasteiger partial charge in [-0.15, -0.1) is 0 Å². The monoisotopic (exact) mass is 416 g/mol. The van der Waals surface area contributed by atoms with E-state index >= 15 is 0 Å². The molecule has 6 rings (SSSR count). The number of benzene rings is 1. The van der Waals surface area contributed by atoms with E-state index in [2.05, 4.69) is 40.4 Å². The largest absolute Gasteiger partial charge is 0.446 e. The molecule has 2 aliphatic heterocycles. The Hall–Kier alpha value is -2.86. The van der Waals surface area contributed by atoms with E-state index in [0.717, 1.165) is 43.4 Å². The van der Waals surface area contributed by atoms with Crippen LogP contribution in [0.15, 0.2) is 30.6 Å². The third kappa shape index (κ3) is 3.49. The Morgan fingerprint density at radius 1 is 1.19 bits per heavy atom. The number of hydrogen-bond donors (Lipinski definition) is 2. The molecule has 6 nitrogen and oxygen atoms in total. The van der Waals surface area contributed by atoms with Gasteiger partial charge in [0.05, 0.1) is 0 Å². The lowest BCUT2D eigenvalue weighted by molar-refractivity contribution is 0.0914. The summed E-state index contributed by atoms with van der Waals surface area (Å²) in [7, 11) is 0. The van der Waals surface area contributed by atoms with E-state index in [4.69, 9.17) is 4.74 Å². The molecule has 1 amide bonds. The van der Waals surface area contributed by atoms with Crippen LogP contribution in [0.5, 0.6) is 0 Å². The summed E-state index contributed by atoms with van der Waals surface area (Å²) >= 11 is 0. The molecular formula is C25H28N4O2. The van der Waals surface area contributed by atoms with Crippen molar-refractivity contribution >= 4 is 17.1 Å². The summed E-state index contributed by atoms with van der Waals surface area (Å²) in [5.41, 5.74) is 8.49. The van der Waals surface area contributed by atoms with Gasteiger partial charge in [-0.1, -0.05) is 6.07 Å². The Kier molecular flexibility index (Phi) is 4.49. The number of carbonyl (C=O) groups excluding carboxylic acids is 1. The molecule has 1 saturated heterocycles. The van der Waals surface area contributed by atoms with Crippen molar-refractivity contribution in [1.82, 2.24) is 20.2 Å². The normalized spacial score (nSPS) is 20.8. The molecule has 0 radical (unpaired) electrons. The summed E-state index contributed by atoms with van der Waals surface area (Å²) in [6, 6.07) is 7.22. The second-order valence-electron chi connectivity index (χ2n) is 9.20. The van der Waals surface area contributed by atoms with Crippen LogP contribution in [0.3, 0.4) is 0 Å². The van der Waals surface area contributed by atoms with Gasteiger partial charge in [-0.05, 0) is 85.5 Å². The van der Waals surface area contributed by atoms with E-state index in [1.165, 1.54) is 39.6 Å². The minimum absolute atomic E-state index is 0.145. The van der Waals surface area contributed by atoms with Crippen LogP contribution in [0.4, 0.5) is 4.79 Å². The molecule has 0 spiro atoms. The van der Waals surface area contributed by atoms with E-state index in [1.807, 2.05) is 17.3 Å². The van der Waals surface area contributed by atoms with Crippen molar-refractivity contribution in [3.8, 4) is 11.1 Å². The van der Waals surface area contributed by atoms with Gasteiger partial charge in [-0.3, -0.25) is 0 Å².